The van der Waals surface area contributed by atoms with Crippen molar-refractivity contribution in [3.05, 3.63) is 46.7 Å². The van der Waals surface area contributed by atoms with Crippen LogP contribution in [0, 0.1) is 0 Å². The molecule has 0 unspecified atom stereocenters. The van der Waals surface area contributed by atoms with Crippen molar-refractivity contribution < 1.29 is 9.47 Å². The Labute approximate surface area is 125 Å². The van der Waals surface area contributed by atoms with Gasteiger partial charge in [0, 0.05) is 5.39 Å². The molecule has 0 aliphatic heterocycles. The van der Waals surface area contributed by atoms with E-state index in [0.29, 0.717) is 11.0 Å². The van der Waals surface area contributed by atoms with Crippen molar-refractivity contribution in [1.82, 2.24) is 9.97 Å². The largest absolute Gasteiger partial charge is 0.497 e. The zero-order valence-electron chi connectivity index (χ0n) is 10.7. The van der Waals surface area contributed by atoms with Crippen LogP contribution in [0.1, 0.15) is 5.82 Å². The van der Waals surface area contributed by atoms with Crippen LogP contribution in [-0.2, 0) is 6.61 Å². The molecule has 0 saturated carbocycles. The highest BCUT2D eigenvalue weighted by Gasteiger charge is 2.07. The topological polar surface area (TPSA) is 44.2 Å². The molecule has 3 aromatic rings. The first-order chi connectivity index (χ1) is 9.76. The fraction of sp³-hybridized carbons (Fsp3) is 0.143. The van der Waals surface area contributed by atoms with Crippen LogP contribution in [-0.4, -0.2) is 17.1 Å². The lowest BCUT2D eigenvalue weighted by Crippen LogP contribution is -2.01. The van der Waals surface area contributed by atoms with Gasteiger partial charge in [-0.1, -0.05) is 11.6 Å². The van der Waals surface area contributed by atoms with Crippen LogP contribution in [0.25, 0.3) is 10.2 Å². The van der Waals surface area contributed by atoms with Gasteiger partial charge in [0.25, 0.3) is 0 Å². The molecule has 0 saturated heterocycles. The highest BCUT2D eigenvalue weighted by Crippen LogP contribution is 2.25. The Kier molecular flexibility index (Phi) is 3.71. The number of aromatic nitrogens is 2. The van der Waals surface area contributed by atoms with Crippen LogP contribution in [0.2, 0.25) is 5.15 Å². The van der Waals surface area contributed by atoms with Crippen LogP contribution < -0.4 is 9.47 Å². The van der Waals surface area contributed by atoms with Crippen molar-refractivity contribution in [3.63, 3.8) is 0 Å². The van der Waals surface area contributed by atoms with Crippen molar-refractivity contribution >= 4 is 33.2 Å². The molecule has 0 aliphatic carbocycles. The number of benzene rings is 1. The molecule has 0 N–H and O–H groups in total. The van der Waals surface area contributed by atoms with E-state index in [4.69, 9.17) is 21.1 Å². The fourth-order valence-corrected chi connectivity index (χ4v) is 2.83. The second-order valence-corrected chi connectivity index (χ2v) is 5.29. The van der Waals surface area contributed by atoms with Gasteiger partial charge in [-0.3, -0.25) is 0 Å². The summed E-state index contributed by atoms with van der Waals surface area (Å²) in [6.45, 7) is 0.278. The van der Waals surface area contributed by atoms with Crippen LogP contribution in [0.4, 0.5) is 0 Å². The van der Waals surface area contributed by atoms with Crippen LogP contribution in [0.5, 0.6) is 11.5 Å². The molecular weight excluding hydrogens is 296 g/mol. The van der Waals surface area contributed by atoms with E-state index in [1.54, 1.807) is 7.11 Å². The lowest BCUT2D eigenvalue weighted by atomic mass is 10.3. The van der Waals surface area contributed by atoms with Crippen molar-refractivity contribution in [3.8, 4) is 11.5 Å². The third-order valence-corrected chi connectivity index (χ3v) is 3.85. The molecule has 0 aliphatic rings. The Bertz CT molecular complexity index is 728. The van der Waals surface area contributed by atoms with Gasteiger partial charge in [0.2, 0.25) is 0 Å². The lowest BCUT2D eigenvalue weighted by Gasteiger charge is -2.06. The summed E-state index contributed by atoms with van der Waals surface area (Å²) < 4.78 is 10.7. The average molecular weight is 307 g/mol. The number of hydrogen-bond acceptors (Lipinski definition) is 5. The Morgan fingerprint density at radius 3 is 2.60 bits per heavy atom. The van der Waals surface area contributed by atoms with Gasteiger partial charge in [-0.2, -0.15) is 0 Å². The molecule has 2 heterocycles. The van der Waals surface area contributed by atoms with Gasteiger partial charge in [-0.05, 0) is 35.7 Å². The lowest BCUT2D eigenvalue weighted by molar-refractivity contribution is 0.296. The maximum Gasteiger partial charge on any atom is 0.169 e. The molecule has 0 fully saturated rings. The molecule has 6 heteroatoms. The van der Waals surface area contributed by atoms with Gasteiger partial charge in [0.05, 0.1) is 7.11 Å². The molecule has 20 heavy (non-hydrogen) atoms. The third-order valence-electron chi connectivity index (χ3n) is 2.75. The van der Waals surface area contributed by atoms with E-state index in [1.165, 1.54) is 11.3 Å². The van der Waals surface area contributed by atoms with Crippen molar-refractivity contribution in [1.29, 1.82) is 0 Å². The number of ether oxygens (including phenoxy) is 2. The van der Waals surface area contributed by atoms with Crippen molar-refractivity contribution in [2.45, 2.75) is 6.61 Å². The minimum atomic E-state index is 0.278. The van der Waals surface area contributed by atoms with E-state index in [-0.39, 0.29) is 6.61 Å². The minimum Gasteiger partial charge on any atom is -0.497 e. The van der Waals surface area contributed by atoms with Crippen molar-refractivity contribution in [2.24, 2.45) is 0 Å². The number of rotatable bonds is 4. The predicted molar refractivity (Wildman–Crippen MR) is 79.8 cm³/mol. The first kappa shape index (κ1) is 13.1. The number of methoxy groups -OCH3 is 1. The van der Waals surface area contributed by atoms with Gasteiger partial charge in [-0.15, -0.1) is 11.3 Å². The van der Waals surface area contributed by atoms with Gasteiger partial charge < -0.3 is 9.47 Å². The molecule has 102 valence electrons. The van der Waals surface area contributed by atoms with Gasteiger partial charge in [0.15, 0.2) is 5.82 Å². The summed E-state index contributed by atoms with van der Waals surface area (Å²) in [7, 11) is 1.63. The van der Waals surface area contributed by atoms with Crippen LogP contribution in [0.3, 0.4) is 0 Å². The molecule has 3 rings (SSSR count). The van der Waals surface area contributed by atoms with E-state index in [2.05, 4.69) is 9.97 Å². The summed E-state index contributed by atoms with van der Waals surface area (Å²) in [5.41, 5.74) is 0. The van der Waals surface area contributed by atoms with E-state index in [0.717, 1.165) is 21.7 Å². The molecule has 2 aromatic heterocycles. The number of fused-ring (bicyclic) bond motifs is 1. The SMILES string of the molecule is COc1ccc(OCc2nc(Cl)c3ccsc3n2)cc1. The van der Waals surface area contributed by atoms with E-state index >= 15 is 0 Å². The van der Waals surface area contributed by atoms with Crippen molar-refractivity contribution in [2.75, 3.05) is 7.11 Å². The van der Waals surface area contributed by atoms with Crippen LogP contribution >= 0.6 is 22.9 Å². The standard InChI is InChI=1S/C14H11ClN2O2S/c1-18-9-2-4-10(5-3-9)19-8-12-16-13(15)11-6-7-20-14(11)17-12/h2-7H,8H2,1H3. The molecule has 1 aromatic carbocycles. The Balaban J connectivity index is 1.75. The normalized spacial score (nSPS) is 10.7. The van der Waals surface area contributed by atoms with E-state index in [9.17, 15) is 0 Å². The average Bonchev–Trinajstić information content (AvgIpc) is 2.94. The molecule has 0 radical (unpaired) electrons. The van der Waals surface area contributed by atoms with Gasteiger partial charge in [0.1, 0.15) is 28.1 Å². The Morgan fingerprint density at radius 1 is 1.10 bits per heavy atom. The molecule has 4 nitrogen and oxygen atoms in total. The zero-order chi connectivity index (χ0) is 13.9. The van der Waals surface area contributed by atoms with Gasteiger partial charge >= 0.3 is 0 Å². The number of hydrogen-bond donors (Lipinski definition) is 0. The maximum atomic E-state index is 6.11. The summed E-state index contributed by atoms with van der Waals surface area (Å²) >= 11 is 7.64. The number of thiophene rings is 1. The third kappa shape index (κ3) is 2.69. The summed E-state index contributed by atoms with van der Waals surface area (Å²) in [5.74, 6) is 2.09. The van der Waals surface area contributed by atoms with E-state index in [1.807, 2.05) is 35.7 Å². The van der Waals surface area contributed by atoms with Gasteiger partial charge in [-0.25, -0.2) is 9.97 Å². The van der Waals surface area contributed by atoms with E-state index < -0.39 is 0 Å². The minimum absolute atomic E-state index is 0.278. The number of nitrogens with zero attached hydrogens (tertiary/aromatic N) is 2. The monoisotopic (exact) mass is 306 g/mol. The summed E-state index contributed by atoms with van der Waals surface area (Å²) in [4.78, 5) is 9.53. The highest BCUT2D eigenvalue weighted by molar-refractivity contribution is 7.16. The molecular formula is C14H11ClN2O2S. The summed E-state index contributed by atoms with van der Waals surface area (Å²) in [5, 5.41) is 3.29. The molecule has 0 atom stereocenters. The Hall–Kier alpha value is -1.85. The Morgan fingerprint density at radius 2 is 1.85 bits per heavy atom. The predicted octanol–water partition coefficient (Wildman–Crippen LogP) is 3.93. The smallest absolute Gasteiger partial charge is 0.169 e. The number of halogens is 1. The first-order valence-corrected chi connectivity index (χ1v) is 7.18. The highest BCUT2D eigenvalue weighted by atomic mass is 35.5. The molecule has 0 bridgehead atoms. The summed E-state index contributed by atoms with van der Waals surface area (Å²) in [6.07, 6.45) is 0. The molecule has 0 amide bonds. The molecule has 0 spiro atoms. The second kappa shape index (κ2) is 5.64. The summed E-state index contributed by atoms with van der Waals surface area (Å²) in [6, 6.07) is 9.27. The zero-order valence-corrected chi connectivity index (χ0v) is 12.2. The first-order valence-electron chi connectivity index (χ1n) is 5.93. The quantitative estimate of drug-likeness (QED) is 0.685. The maximum absolute atomic E-state index is 6.11. The van der Waals surface area contributed by atoms with Crippen LogP contribution in [0.15, 0.2) is 35.7 Å². The second-order valence-electron chi connectivity index (χ2n) is 4.03. The fourth-order valence-electron chi connectivity index (χ4n) is 1.74.